The number of carbonyl (C=O) groups excluding carboxylic acids is 1. The predicted molar refractivity (Wildman–Crippen MR) is 118 cm³/mol. The zero-order chi connectivity index (χ0) is 19.7. The maximum Gasteiger partial charge on any atom is 0.266 e. The third-order valence-electron chi connectivity index (χ3n) is 4.16. The van der Waals surface area contributed by atoms with E-state index < -0.39 is 0 Å². The summed E-state index contributed by atoms with van der Waals surface area (Å²) in [5.74, 6) is -0.175. The number of rotatable bonds is 4. The van der Waals surface area contributed by atoms with Crippen molar-refractivity contribution in [1.29, 1.82) is 0 Å². The second-order valence-corrected chi connectivity index (χ2v) is 8.64. The minimum absolute atomic E-state index is 0.175. The van der Waals surface area contributed by atoms with Crippen molar-refractivity contribution in [3.05, 3.63) is 75.6 Å². The van der Waals surface area contributed by atoms with Crippen molar-refractivity contribution in [3.8, 4) is 0 Å². The summed E-state index contributed by atoms with van der Waals surface area (Å²) in [6, 6.07) is 15.1. The van der Waals surface area contributed by atoms with Crippen LogP contribution in [-0.4, -0.2) is 31.1 Å². The van der Waals surface area contributed by atoms with Crippen LogP contribution in [0.15, 0.2) is 74.3 Å². The quantitative estimate of drug-likeness (QED) is 0.357. The molecule has 0 saturated carbocycles. The van der Waals surface area contributed by atoms with Crippen LogP contribution in [0, 0.1) is 0 Å². The molecule has 4 rings (SSSR count). The van der Waals surface area contributed by atoms with Gasteiger partial charge in [-0.15, -0.1) is 0 Å². The molecule has 3 aromatic rings. The van der Waals surface area contributed by atoms with E-state index >= 15 is 0 Å². The van der Waals surface area contributed by atoms with Crippen molar-refractivity contribution in [2.45, 2.75) is 16.8 Å². The standard InChI is InChI=1S/C20H15N3O2S3/c1-2-22-19(25)15(28-20(22)26)12-14-17(27-13-8-4-3-5-9-13)21-16-10-6-7-11-23(16)18(14)24/h3-12H,2H2,1H3/b15-12-. The van der Waals surface area contributed by atoms with E-state index in [-0.39, 0.29) is 11.5 Å². The molecule has 28 heavy (non-hydrogen) atoms. The summed E-state index contributed by atoms with van der Waals surface area (Å²) in [5, 5.41) is 0.559. The first-order valence-corrected chi connectivity index (χ1v) is 10.6. The van der Waals surface area contributed by atoms with Crippen LogP contribution < -0.4 is 5.56 Å². The Labute approximate surface area is 175 Å². The fourth-order valence-electron chi connectivity index (χ4n) is 2.79. The zero-order valence-electron chi connectivity index (χ0n) is 14.9. The van der Waals surface area contributed by atoms with Gasteiger partial charge < -0.3 is 0 Å². The van der Waals surface area contributed by atoms with Gasteiger partial charge in [0.05, 0.1) is 10.5 Å². The Kier molecular flexibility index (Phi) is 5.34. The fraction of sp³-hybridized carbons (Fsp3) is 0.100. The predicted octanol–water partition coefficient (Wildman–Crippen LogP) is 4.07. The van der Waals surface area contributed by atoms with Crippen molar-refractivity contribution in [2.75, 3.05) is 6.54 Å². The number of hydrogen-bond acceptors (Lipinski definition) is 6. The highest BCUT2D eigenvalue weighted by Crippen LogP contribution is 2.34. The van der Waals surface area contributed by atoms with E-state index in [2.05, 4.69) is 4.98 Å². The molecule has 0 unspecified atom stereocenters. The smallest absolute Gasteiger partial charge is 0.266 e. The van der Waals surface area contributed by atoms with Gasteiger partial charge in [0.2, 0.25) is 0 Å². The highest BCUT2D eigenvalue weighted by molar-refractivity contribution is 8.26. The molecule has 3 heterocycles. The van der Waals surface area contributed by atoms with Gasteiger partial charge in [0, 0.05) is 17.6 Å². The van der Waals surface area contributed by atoms with E-state index in [1.807, 2.05) is 43.3 Å². The highest BCUT2D eigenvalue weighted by Gasteiger charge is 2.31. The van der Waals surface area contributed by atoms with Crippen LogP contribution >= 0.6 is 35.7 Å². The monoisotopic (exact) mass is 425 g/mol. The molecule has 1 aromatic carbocycles. The molecular weight excluding hydrogens is 410 g/mol. The lowest BCUT2D eigenvalue weighted by molar-refractivity contribution is -0.121. The van der Waals surface area contributed by atoms with Crippen molar-refractivity contribution >= 4 is 57.7 Å². The first-order valence-electron chi connectivity index (χ1n) is 8.58. The molecule has 1 saturated heterocycles. The summed E-state index contributed by atoms with van der Waals surface area (Å²) in [7, 11) is 0. The third-order valence-corrected chi connectivity index (χ3v) is 6.55. The number of thioether (sulfide) groups is 1. The van der Waals surface area contributed by atoms with Crippen LogP contribution in [0.25, 0.3) is 11.7 Å². The van der Waals surface area contributed by atoms with Crippen molar-refractivity contribution < 1.29 is 4.79 Å². The fourth-order valence-corrected chi connectivity index (χ4v) is 5.07. The van der Waals surface area contributed by atoms with Gasteiger partial charge >= 0.3 is 0 Å². The lowest BCUT2D eigenvalue weighted by atomic mass is 10.2. The van der Waals surface area contributed by atoms with Gasteiger partial charge in [-0.1, -0.05) is 60.0 Å². The van der Waals surface area contributed by atoms with Gasteiger partial charge in [-0.3, -0.25) is 18.9 Å². The number of thiocarbonyl (C=S) groups is 1. The van der Waals surface area contributed by atoms with Gasteiger partial charge in [-0.25, -0.2) is 4.98 Å². The normalized spacial score (nSPS) is 15.8. The molecule has 0 atom stereocenters. The maximum absolute atomic E-state index is 13.2. The van der Waals surface area contributed by atoms with Crippen LogP contribution in [0.2, 0.25) is 0 Å². The summed E-state index contributed by atoms with van der Waals surface area (Å²) < 4.78 is 1.99. The first kappa shape index (κ1) is 18.9. The number of fused-ring (bicyclic) bond motifs is 1. The molecule has 1 amide bonds. The summed E-state index contributed by atoms with van der Waals surface area (Å²) in [6.07, 6.45) is 3.30. The van der Waals surface area contributed by atoms with E-state index in [1.165, 1.54) is 32.8 Å². The molecule has 5 nitrogen and oxygen atoms in total. The van der Waals surface area contributed by atoms with Crippen molar-refractivity contribution in [1.82, 2.24) is 14.3 Å². The van der Waals surface area contributed by atoms with Crippen LogP contribution in [0.1, 0.15) is 12.5 Å². The second-order valence-electron chi connectivity index (χ2n) is 5.91. The summed E-state index contributed by atoms with van der Waals surface area (Å²) in [5.41, 5.74) is 0.726. The molecule has 0 bridgehead atoms. The van der Waals surface area contributed by atoms with Crippen molar-refractivity contribution in [3.63, 3.8) is 0 Å². The molecule has 1 aliphatic heterocycles. The topological polar surface area (TPSA) is 54.7 Å². The molecule has 0 radical (unpaired) electrons. The average molecular weight is 426 g/mol. The third kappa shape index (κ3) is 3.50. The number of pyridine rings is 1. The second kappa shape index (κ2) is 7.90. The van der Waals surface area contributed by atoms with Gasteiger partial charge in [-0.05, 0) is 37.3 Å². The minimum Gasteiger partial charge on any atom is -0.293 e. The average Bonchev–Trinajstić information content (AvgIpc) is 2.98. The molecule has 2 aromatic heterocycles. The number of amides is 1. The van der Waals surface area contributed by atoms with Crippen LogP contribution in [0.5, 0.6) is 0 Å². The Morgan fingerprint density at radius 2 is 1.89 bits per heavy atom. The first-order chi connectivity index (χ1) is 13.6. The number of benzene rings is 1. The molecular formula is C20H15N3O2S3. The zero-order valence-corrected chi connectivity index (χ0v) is 17.3. The minimum atomic E-state index is -0.217. The van der Waals surface area contributed by atoms with Gasteiger partial charge in [-0.2, -0.15) is 0 Å². The van der Waals surface area contributed by atoms with E-state index in [4.69, 9.17) is 12.2 Å². The van der Waals surface area contributed by atoms with E-state index in [0.29, 0.717) is 32.0 Å². The lowest BCUT2D eigenvalue weighted by Gasteiger charge is -2.10. The molecule has 0 spiro atoms. The van der Waals surface area contributed by atoms with E-state index in [1.54, 1.807) is 24.4 Å². The number of aromatic nitrogens is 2. The van der Waals surface area contributed by atoms with Crippen LogP contribution in [-0.2, 0) is 4.79 Å². The molecule has 140 valence electrons. The number of carbonyl (C=O) groups is 1. The Balaban J connectivity index is 1.88. The van der Waals surface area contributed by atoms with Crippen LogP contribution in [0.3, 0.4) is 0 Å². The van der Waals surface area contributed by atoms with Gasteiger partial charge in [0.1, 0.15) is 15.0 Å². The maximum atomic E-state index is 13.2. The SMILES string of the molecule is CCN1C(=O)/C(=C/c2c(Sc3ccccc3)nc3ccccn3c2=O)SC1=S. The Hall–Kier alpha value is -2.42. The van der Waals surface area contributed by atoms with E-state index in [0.717, 1.165) is 4.90 Å². The molecule has 1 aliphatic rings. The Morgan fingerprint density at radius 3 is 2.61 bits per heavy atom. The van der Waals surface area contributed by atoms with E-state index in [9.17, 15) is 9.59 Å². The largest absolute Gasteiger partial charge is 0.293 e. The number of likely N-dealkylation sites (N-methyl/N-ethyl adjacent to an activating group) is 1. The molecule has 0 aliphatic carbocycles. The Bertz CT molecular complexity index is 1170. The molecule has 0 N–H and O–H groups in total. The summed E-state index contributed by atoms with van der Waals surface area (Å²) in [4.78, 5) is 33.4. The molecule has 1 fully saturated rings. The molecule has 8 heteroatoms. The van der Waals surface area contributed by atoms with Gasteiger partial charge in [0.15, 0.2) is 0 Å². The van der Waals surface area contributed by atoms with Gasteiger partial charge in [0.25, 0.3) is 11.5 Å². The number of nitrogens with zero attached hydrogens (tertiary/aromatic N) is 3. The summed E-state index contributed by atoms with van der Waals surface area (Å²) >= 11 is 7.89. The highest BCUT2D eigenvalue weighted by atomic mass is 32.2. The van der Waals surface area contributed by atoms with Crippen molar-refractivity contribution in [2.24, 2.45) is 0 Å². The lowest BCUT2D eigenvalue weighted by Crippen LogP contribution is -2.27. The number of hydrogen-bond donors (Lipinski definition) is 0. The Morgan fingerprint density at radius 1 is 1.14 bits per heavy atom. The summed E-state index contributed by atoms with van der Waals surface area (Å²) in [6.45, 7) is 2.37. The van der Waals surface area contributed by atoms with Crippen LogP contribution in [0.4, 0.5) is 0 Å².